The lowest BCUT2D eigenvalue weighted by atomic mass is 10.1. The van der Waals surface area contributed by atoms with Crippen LogP contribution in [0, 0.1) is 0 Å². The summed E-state index contributed by atoms with van der Waals surface area (Å²) in [7, 11) is 1.32. The van der Waals surface area contributed by atoms with Gasteiger partial charge in [0.05, 0.1) is 23.9 Å². The number of para-hydroxylation sites is 1. The Labute approximate surface area is 169 Å². The van der Waals surface area contributed by atoms with E-state index in [2.05, 4.69) is 32.7 Å². The lowest BCUT2D eigenvalue weighted by Gasteiger charge is -2.09. The van der Waals surface area contributed by atoms with Crippen LogP contribution in [0.2, 0.25) is 0 Å². The number of anilines is 2. The summed E-state index contributed by atoms with van der Waals surface area (Å²) < 4.78 is 4.77. The van der Waals surface area contributed by atoms with Gasteiger partial charge in [-0.2, -0.15) is 0 Å². The number of hydrogen-bond donors (Lipinski definition) is 2. The molecule has 0 saturated heterocycles. The van der Waals surface area contributed by atoms with E-state index in [1.165, 1.54) is 25.1 Å². The maximum Gasteiger partial charge on any atom is 0.339 e. The number of carbonyl (C=O) groups is 2. The molecule has 2 N–H and O–H groups in total. The molecule has 0 aliphatic rings. The molecular weight excluding hydrogens is 368 g/mol. The minimum Gasteiger partial charge on any atom is -0.465 e. The van der Waals surface area contributed by atoms with Gasteiger partial charge in [0.1, 0.15) is 0 Å². The number of amides is 1. The normalized spacial score (nSPS) is 10.2. The average molecular weight is 390 g/mol. The van der Waals surface area contributed by atoms with Gasteiger partial charge in [-0.25, -0.2) is 14.8 Å². The van der Waals surface area contributed by atoms with Gasteiger partial charge in [0.25, 0.3) is 5.91 Å². The van der Waals surface area contributed by atoms with Crippen molar-refractivity contribution in [1.82, 2.24) is 15.3 Å². The van der Waals surface area contributed by atoms with E-state index in [0.29, 0.717) is 23.4 Å². The van der Waals surface area contributed by atoms with E-state index in [1.807, 2.05) is 18.2 Å². The number of aryl methyl sites for hydroxylation is 1. The lowest BCUT2D eigenvalue weighted by molar-refractivity contribution is 0.0601. The number of nitrogens with one attached hydrogen (secondary N) is 2. The average Bonchev–Trinajstić information content (AvgIpc) is 2.77. The third-order valence-electron chi connectivity index (χ3n) is 4.26. The minimum absolute atomic E-state index is 0.223. The Bertz CT molecular complexity index is 959. The lowest BCUT2D eigenvalue weighted by Crippen LogP contribution is -2.25. The van der Waals surface area contributed by atoms with E-state index >= 15 is 0 Å². The quantitative estimate of drug-likeness (QED) is 0.452. The summed E-state index contributed by atoms with van der Waals surface area (Å²) in [4.78, 5) is 32.4. The topological polar surface area (TPSA) is 93.2 Å². The van der Waals surface area contributed by atoms with E-state index in [0.717, 1.165) is 12.8 Å². The van der Waals surface area contributed by atoms with E-state index in [4.69, 9.17) is 4.74 Å². The highest BCUT2D eigenvalue weighted by Gasteiger charge is 2.12. The zero-order valence-corrected chi connectivity index (χ0v) is 16.1. The van der Waals surface area contributed by atoms with Crippen LogP contribution in [0.5, 0.6) is 0 Å². The standard InChI is InChI=1S/C22H22N4O3/c1-29-21(28)18-11-5-6-12-19(18)26-22-24-14-17(15-25-22)20(27)23-13-7-10-16-8-3-2-4-9-16/h2-6,8-9,11-12,14-15H,7,10,13H2,1H3,(H,23,27)(H,24,25,26). The zero-order chi connectivity index (χ0) is 20.5. The molecule has 0 bridgehead atoms. The smallest absolute Gasteiger partial charge is 0.339 e. The fraction of sp³-hybridized carbons (Fsp3) is 0.182. The highest BCUT2D eigenvalue weighted by atomic mass is 16.5. The van der Waals surface area contributed by atoms with Crippen LogP contribution < -0.4 is 10.6 Å². The Kier molecular flexibility index (Phi) is 6.89. The SMILES string of the molecule is COC(=O)c1ccccc1Nc1ncc(C(=O)NCCCc2ccccc2)cn1. The first kappa shape index (κ1) is 20.0. The fourth-order valence-electron chi connectivity index (χ4n) is 2.75. The van der Waals surface area contributed by atoms with Gasteiger partial charge < -0.3 is 15.4 Å². The van der Waals surface area contributed by atoms with Crippen molar-refractivity contribution in [3.05, 3.63) is 83.7 Å². The molecule has 0 aliphatic carbocycles. The number of nitrogens with zero attached hydrogens (tertiary/aromatic N) is 2. The molecule has 1 amide bonds. The van der Waals surface area contributed by atoms with Crippen LogP contribution in [0.1, 0.15) is 32.7 Å². The molecule has 0 fully saturated rings. The summed E-state index contributed by atoms with van der Waals surface area (Å²) in [5.41, 5.74) is 2.51. The third kappa shape index (κ3) is 5.62. The zero-order valence-electron chi connectivity index (χ0n) is 16.1. The van der Waals surface area contributed by atoms with E-state index < -0.39 is 5.97 Å². The summed E-state index contributed by atoms with van der Waals surface area (Å²) in [6.07, 6.45) is 4.64. The van der Waals surface area contributed by atoms with Crippen LogP contribution in [0.15, 0.2) is 67.0 Å². The number of ether oxygens (including phenoxy) is 1. The Morgan fingerprint density at radius 2 is 1.66 bits per heavy atom. The van der Waals surface area contributed by atoms with E-state index in [-0.39, 0.29) is 11.9 Å². The number of rotatable bonds is 8. The number of hydrogen-bond acceptors (Lipinski definition) is 6. The molecule has 1 heterocycles. The largest absolute Gasteiger partial charge is 0.465 e. The predicted molar refractivity (Wildman–Crippen MR) is 110 cm³/mol. The molecule has 0 radical (unpaired) electrons. The van der Waals surface area contributed by atoms with Crippen LogP contribution in [0.4, 0.5) is 11.6 Å². The molecule has 0 unspecified atom stereocenters. The van der Waals surface area contributed by atoms with Gasteiger partial charge in [-0.1, -0.05) is 42.5 Å². The number of methoxy groups -OCH3 is 1. The monoisotopic (exact) mass is 390 g/mol. The Morgan fingerprint density at radius 3 is 2.38 bits per heavy atom. The van der Waals surface area contributed by atoms with Crippen LogP contribution >= 0.6 is 0 Å². The maximum absolute atomic E-state index is 12.2. The number of benzene rings is 2. The van der Waals surface area contributed by atoms with Gasteiger partial charge in [-0.15, -0.1) is 0 Å². The van der Waals surface area contributed by atoms with Crippen LogP contribution in [-0.2, 0) is 11.2 Å². The molecule has 1 aromatic heterocycles. The molecule has 7 heteroatoms. The van der Waals surface area contributed by atoms with Gasteiger partial charge >= 0.3 is 5.97 Å². The van der Waals surface area contributed by atoms with Gasteiger partial charge in [0, 0.05) is 18.9 Å². The number of carbonyl (C=O) groups excluding carboxylic acids is 2. The molecule has 0 atom stereocenters. The molecule has 29 heavy (non-hydrogen) atoms. The second-order valence-corrected chi connectivity index (χ2v) is 6.30. The molecular formula is C22H22N4O3. The van der Waals surface area contributed by atoms with Crippen molar-refractivity contribution in [3.8, 4) is 0 Å². The van der Waals surface area contributed by atoms with Gasteiger partial charge in [-0.3, -0.25) is 4.79 Å². The molecule has 148 valence electrons. The molecule has 7 nitrogen and oxygen atoms in total. The second-order valence-electron chi connectivity index (χ2n) is 6.30. The Hall–Kier alpha value is -3.74. The van der Waals surface area contributed by atoms with Crippen LogP contribution in [0.25, 0.3) is 0 Å². The Balaban J connectivity index is 1.53. The maximum atomic E-state index is 12.2. The van der Waals surface area contributed by atoms with Crippen molar-refractivity contribution < 1.29 is 14.3 Å². The molecule has 3 aromatic rings. The summed E-state index contributed by atoms with van der Waals surface area (Å²) in [5.74, 6) is -0.402. The van der Waals surface area contributed by atoms with Crippen molar-refractivity contribution in [3.63, 3.8) is 0 Å². The summed E-state index contributed by atoms with van der Waals surface area (Å²) >= 11 is 0. The third-order valence-corrected chi connectivity index (χ3v) is 4.26. The number of esters is 1. The second kappa shape index (κ2) is 9.98. The first-order valence-corrected chi connectivity index (χ1v) is 9.26. The van der Waals surface area contributed by atoms with Crippen molar-refractivity contribution >= 4 is 23.5 Å². The van der Waals surface area contributed by atoms with Crippen molar-refractivity contribution in [2.24, 2.45) is 0 Å². The van der Waals surface area contributed by atoms with Crippen LogP contribution in [-0.4, -0.2) is 35.5 Å². The van der Waals surface area contributed by atoms with E-state index in [1.54, 1.807) is 24.3 Å². The summed E-state index contributed by atoms with van der Waals surface area (Å²) in [6, 6.07) is 17.0. The summed E-state index contributed by atoms with van der Waals surface area (Å²) in [5, 5.41) is 5.84. The molecule has 2 aromatic carbocycles. The predicted octanol–water partition coefficient (Wildman–Crippen LogP) is 3.37. The molecule has 0 aliphatic heterocycles. The minimum atomic E-state index is -0.459. The van der Waals surface area contributed by atoms with Crippen LogP contribution in [0.3, 0.4) is 0 Å². The highest BCUT2D eigenvalue weighted by molar-refractivity contribution is 5.96. The van der Waals surface area contributed by atoms with Gasteiger partial charge in [-0.05, 0) is 30.5 Å². The highest BCUT2D eigenvalue weighted by Crippen LogP contribution is 2.19. The molecule has 3 rings (SSSR count). The first-order valence-electron chi connectivity index (χ1n) is 9.26. The van der Waals surface area contributed by atoms with Crippen molar-refractivity contribution in [2.75, 3.05) is 19.0 Å². The van der Waals surface area contributed by atoms with Crippen molar-refractivity contribution in [2.45, 2.75) is 12.8 Å². The van der Waals surface area contributed by atoms with E-state index in [9.17, 15) is 9.59 Å². The fourth-order valence-corrected chi connectivity index (χ4v) is 2.75. The molecule has 0 spiro atoms. The summed E-state index contributed by atoms with van der Waals surface area (Å²) in [6.45, 7) is 0.570. The van der Waals surface area contributed by atoms with Crippen molar-refractivity contribution in [1.29, 1.82) is 0 Å². The van der Waals surface area contributed by atoms with Gasteiger partial charge in [0.15, 0.2) is 0 Å². The Morgan fingerprint density at radius 1 is 0.966 bits per heavy atom. The molecule has 0 saturated carbocycles. The van der Waals surface area contributed by atoms with Gasteiger partial charge in [0.2, 0.25) is 5.95 Å². The first-order chi connectivity index (χ1) is 14.2. The number of aromatic nitrogens is 2.